The normalized spacial score (nSPS) is 13.9. The van der Waals surface area contributed by atoms with Gasteiger partial charge in [0.2, 0.25) is 0 Å². The molecule has 1 unspecified atom stereocenters. The van der Waals surface area contributed by atoms with E-state index >= 15 is 0 Å². The smallest absolute Gasteiger partial charge is 0.0324 e. The summed E-state index contributed by atoms with van der Waals surface area (Å²) in [6.07, 6.45) is 1.25. The number of hydrazine groups is 1. The van der Waals surface area contributed by atoms with Crippen molar-refractivity contribution in [2.45, 2.75) is 33.2 Å². The predicted octanol–water partition coefficient (Wildman–Crippen LogP) is 1.62. The van der Waals surface area contributed by atoms with E-state index in [-0.39, 0.29) is 0 Å². The van der Waals surface area contributed by atoms with Crippen molar-refractivity contribution < 1.29 is 0 Å². The molecule has 0 aliphatic heterocycles. The van der Waals surface area contributed by atoms with Gasteiger partial charge >= 0.3 is 0 Å². The van der Waals surface area contributed by atoms with Gasteiger partial charge in [-0.1, -0.05) is 20.8 Å². The van der Waals surface area contributed by atoms with Gasteiger partial charge in [0.05, 0.1) is 0 Å². The summed E-state index contributed by atoms with van der Waals surface area (Å²) in [5.41, 5.74) is 2.84. The fourth-order valence-electron chi connectivity index (χ4n) is 0.788. The van der Waals surface area contributed by atoms with Crippen molar-refractivity contribution in [2.24, 2.45) is 11.8 Å². The summed E-state index contributed by atoms with van der Waals surface area (Å²) in [5.74, 6) is 8.39. The highest BCUT2D eigenvalue weighted by Crippen LogP contribution is 2.09. The molecule has 0 heterocycles. The lowest BCUT2D eigenvalue weighted by atomic mass is 10.1. The van der Waals surface area contributed by atoms with Gasteiger partial charge in [0.15, 0.2) is 0 Å². The molecule has 0 spiro atoms. The number of rotatable bonds is 6. The SMILES string of the molecule is CCCSCC(NN)C(C)C. The highest BCUT2D eigenvalue weighted by Gasteiger charge is 2.09. The highest BCUT2D eigenvalue weighted by molar-refractivity contribution is 7.99. The van der Waals surface area contributed by atoms with E-state index in [4.69, 9.17) is 5.84 Å². The third kappa shape index (κ3) is 5.53. The van der Waals surface area contributed by atoms with E-state index < -0.39 is 0 Å². The molecule has 0 amide bonds. The first-order valence-electron chi connectivity index (χ1n) is 4.26. The maximum Gasteiger partial charge on any atom is 0.0324 e. The summed E-state index contributed by atoms with van der Waals surface area (Å²) in [6, 6.07) is 0.464. The summed E-state index contributed by atoms with van der Waals surface area (Å²) < 4.78 is 0. The summed E-state index contributed by atoms with van der Waals surface area (Å²) in [7, 11) is 0. The highest BCUT2D eigenvalue weighted by atomic mass is 32.2. The lowest BCUT2D eigenvalue weighted by Crippen LogP contribution is -2.40. The van der Waals surface area contributed by atoms with Crippen LogP contribution in [0.5, 0.6) is 0 Å². The Morgan fingerprint density at radius 2 is 2.09 bits per heavy atom. The lowest BCUT2D eigenvalue weighted by Gasteiger charge is -2.18. The molecule has 68 valence electrons. The summed E-state index contributed by atoms with van der Waals surface area (Å²) in [5, 5.41) is 0. The Kier molecular flexibility index (Phi) is 7.12. The fraction of sp³-hybridized carbons (Fsp3) is 1.00. The van der Waals surface area contributed by atoms with Crippen molar-refractivity contribution in [3.05, 3.63) is 0 Å². The van der Waals surface area contributed by atoms with E-state index in [0.717, 1.165) is 5.75 Å². The van der Waals surface area contributed by atoms with Crippen molar-refractivity contribution in [2.75, 3.05) is 11.5 Å². The summed E-state index contributed by atoms with van der Waals surface area (Å²) >= 11 is 1.97. The van der Waals surface area contributed by atoms with Crippen LogP contribution in [0, 0.1) is 5.92 Å². The molecule has 0 aromatic carbocycles. The summed E-state index contributed by atoms with van der Waals surface area (Å²) in [4.78, 5) is 0. The molecule has 0 bridgehead atoms. The molecule has 11 heavy (non-hydrogen) atoms. The van der Waals surface area contributed by atoms with E-state index in [0.29, 0.717) is 12.0 Å². The molecule has 0 aliphatic rings. The first-order chi connectivity index (χ1) is 5.22. The van der Waals surface area contributed by atoms with Crippen LogP contribution in [0.3, 0.4) is 0 Å². The Morgan fingerprint density at radius 3 is 2.45 bits per heavy atom. The maximum absolute atomic E-state index is 5.39. The third-order valence-corrected chi connectivity index (χ3v) is 2.96. The lowest BCUT2D eigenvalue weighted by molar-refractivity contribution is 0.443. The number of thioether (sulfide) groups is 1. The first-order valence-corrected chi connectivity index (χ1v) is 5.41. The topological polar surface area (TPSA) is 38.0 Å². The number of nitrogens with one attached hydrogen (secondary N) is 1. The molecule has 0 rings (SSSR count). The molecular formula is C8H20N2S. The van der Waals surface area contributed by atoms with Crippen molar-refractivity contribution in [1.29, 1.82) is 0 Å². The second-order valence-electron chi connectivity index (χ2n) is 3.09. The average molecular weight is 176 g/mol. The second-order valence-corrected chi connectivity index (χ2v) is 4.24. The number of hydrogen-bond donors (Lipinski definition) is 2. The zero-order valence-corrected chi connectivity index (χ0v) is 8.58. The van der Waals surface area contributed by atoms with Gasteiger partial charge < -0.3 is 0 Å². The van der Waals surface area contributed by atoms with E-state index in [1.807, 2.05) is 11.8 Å². The van der Waals surface area contributed by atoms with E-state index in [1.54, 1.807) is 0 Å². The predicted molar refractivity (Wildman–Crippen MR) is 53.6 cm³/mol. The Balaban J connectivity index is 3.36. The Morgan fingerprint density at radius 1 is 1.45 bits per heavy atom. The monoisotopic (exact) mass is 176 g/mol. The zero-order valence-electron chi connectivity index (χ0n) is 7.76. The minimum absolute atomic E-state index is 0.464. The van der Waals surface area contributed by atoms with Crippen molar-refractivity contribution in [3.8, 4) is 0 Å². The van der Waals surface area contributed by atoms with E-state index in [9.17, 15) is 0 Å². The largest absolute Gasteiger partial charge is 0.271 e. The molecule has 3 heteroatoms. The van der Waals surface area contributed by atoms with Crippen LogP contribution < -0.4 is 11.3 Å². The average Bonchev–Trinajstić information content (AvgIpc) is 1.97. The molecule has 0 saturated carbocycles. The third-order valence-electron chi connectivity index (χ3n) is 1.66. The number of hydrogen-bond acceptors (Lipinski definition) is 3. The minimum Gasteiger partial charge on any atom is -0.271 e. The van der Waals surface area contributed by atoms with Gasteiger partial charge in [0.1, 0.15) is 0 Å². The van der Waals surface area contributed by atoms with Crippen LogP contribution in [-0.2, 0) is 0 Å². The Labute approximate surface area is 74.3 Å². The fourth-order valence-corrected chi connectivity index (χ4v) is 1.98. The molecule has 2 nitrogen and oxygen atoms in total. The van der Waals surface area contributed by atoms with Crippen molar-refractivity contribution in [3.63, 3.8) is 0 Å². The van der Waals surface area contributed by atoms with Gasteiger partial charge in [-0.15, -0.1) is 0 Å². The quantitative estimate of drug-likeness (QED) is 0.367. The Bertz CT molecular complexity index is 86.2. The molecular weight excluding hydrogens is 156 g/mol. The molecule has 0 radical (unpaired) electrons. The van der Waals surface area contributed by atoms with Gasteiger partial charge in [-0.3, -0.25) is 11.3 Å². The molecule has 0 aromatic rings. The molecule has 0 aliphatic carbocycles. The van der Waals surface area contributed by atoms with Crippen LogP contribution in [-0.4, -0.2) is 17.5 Å². The zero-order chi connectivity index (χ0) is 8.69. The first kappa shape index (κ1) is 11.3. The minimum atomic E-state index is 0.464. The maximum atomic E-state index is 5.39. The van der Waals surface area contributed by atoms with Crippen LogP contribution in [0.25, 0.3) is 0 Å². The van der Waals surface area contributed by atoms with Crippen molar-refractivity contribution >= 4 is 11.8 Å². The van der Waals surface area contributed by atoms with Gasteiger partial charge in [0, 0.05) is 11.8 Å². The molecule has 0 aromatic heterocycles. The van der Waals surface area contributed by atoms with Gasteiger partial charge in [-0.2, -0.15) is 11.8 Å². The second kappa shape index (κ2) is 6.95. The van der Waals surface area contributed by atoms with Crippen LogP contribution in [0.15, 0.2) is 0 Å². The van der Waals surface area contributed by atoms with Crippen LogP contribution >= 0.6 is 11.8 Å². The molecule has 0 fully saturated rings. The van der Waals surface area contributed by atoms with E-state index in [2.05, 4.69) is 26.2 Å². The molecule has 0 saturated heterocycles. The van der Waals surface area contributed by atoms with Crippen LogP contribution in [0.4, 0.5) is 0 Å². The van der Waals surface area contributed by atoms with Crippen LogP contribution in [0.1, 0.15) is 27.2 Å². The van der Waals surface area contributed by atoms with Gasteiger partial charge in [-0.05, 0) is 18.1 Å². The van der Waals surface area contributed by atoms with E-state index in [1.165, 1.54) is 12.2 Å². The molecule has 1 atom stereocenters. The van der Waals surface area contributed by atoms with Crippen molar-refractivity contribution in [1.82, 2.24) is 5.43 Å². The van der Waals surface area contributed by atoms with Crippen LogP contribution in [0.2, 0.25) is 0 Å². The standard InChI is InChI=1S/C8H20N2S/c1-4-5-11-6-8(10-9)7(2)3/h7-8,10H,4-6,9H2,1-3H3. The number of nitrogens with two attached hydrogens (primary N) is 1. The van der Waals surface area contributed by atoms with Gasteiger partial charge in [-0.25, -0.2) is 0 Å². The van der Waals surface area contributed by atoms with Gasteiger partial charge in [0.25, 0.3) is 0 Å². The molecule has 3 N–H and O–H groups in total. The Hall–Kier alpha value is 0.270. The summed E-state index contributed by atoms with van der Waals surface area (Å²) in [6.45, 7) is 6.58.